The zero-order valence-corrected chi connectivity index (χ0v) is 7.60. The summed E-state index contributed by atoms with van der Waals surface area (Å²) in [5.74, 6) is -0.0903. The highest BCUT2D eigenvalue weighted by Gasteiger charge is 2.27. The molecule has 1 unspecified atom stereocenters. The van der Waals surface area contributed by atoms with Gasteiger partial charge in [0.2, 0.25) is 0 Å². The highest BCUT2D eigenvalue weighted by atomic mass is 35.6. The van der Waals surface area contributed by atoms with Gasteiger partial charge in [-0.2, -0.15) is 0 Å². The molecule has 55 valence electrons. The van der Waals surface area contributed by atoms with Crippen molar-refractivity contribution in [3.63, 3.8) is 0 Å². The third-order valence-corrected chi connectivity index (χ3v) is 2.03. The van der Waals surface area contributed by atoms with E-state index in [0.717, 1.165) is 12.8 Å². The van der Waals surface area contributed by atoms with Gasteiger partial charge in [-0.3, -0.25) is 0 Å². The molecule has 0 amide bonds. The van der Waals surface area contributed by atoms with E-state index >= 15 is 0 Å². The molecule has 9 heavy (non-hydrogen) atoms. The molecule has 0 bridgehead atoms. The van der Waals surface area contributed by atoms with Gasteiger partial charge >= 0.3 is 0 Å². The van der Waals surface area contributed by atoms with E-state index in [2.05, 4.69) is 6.92 Å². The normalized spacial score (nSPS) is 15.7. The Kier molecular flexibility index (Phi) is 4.28. The van der Waals surface area contributed by atoms with Crippen molar-refractivity contribution < 1.29 is 0 Å². The van der Waals surface area contributed by atoms with Crippen LogP contribution in [0.3, 0.4) is 0 Å². The zero-order valence-electron chi connectivity index (χ0n) is 5.33. The van der Waals surface area contributed by atoms with Crippen LogP contribution in [0, 0.1) is 12.8 Å². The predicted molar refractivity (Wildman–Crippen MR) is 44.0 cm³/mol. The fourth-order valence-electron chi connectivity index (χ4n) is 0.512. The lowest BCUT2D eigenvalue weighted by Gasteiger charge is -2.18. The van der Waals surface area contributed by atoms with Crippen molar-refractivity contribution in [2.45, 2.75) is 23.6 Å². The average molecular weight is 189 g/mol. The third kappa shape index (κ3) is 4.30. The first kappa shape index (κ1) is 9.87. The fraction of sp³-hybridized carbons (Fsp3) is 0.833. The van der Waals surface area contributed by atoms with Gasteiger partial charge in [-0.05, 0) is 13.3 Å². The van der Waals surface area contributed by atoms with Crippen LogP contribution in [-0.2, 0) is 0 Å². The Labute approximate surface area is 71.5 Å². The largest absolute Gasteiger partial charge is 0.193 e. The molecule has 0 aliphatic rings. The van der Waals surface area contributed by atoms with Crippen molar-refractivity contribution in [1.82, 2.24) is 0 Å². The molecular formula is C6H10Cl3. The van der Waals surface area contributed by atoms with E-state index in [0.29, 0.717) is 0 Å². The van der Waals surface area contributed by atoms with Crippen LogP contribution in [-0.4, -0.2) is 3.79 Å². The number of alkyl halides is 3. The number of rotatable bonds is 2. The summed E-state index contributed by atoms with van der Waals surface area (Å²) >= 11 is 16.6. The second-order valence-corrected chi connectivity index (χ2v) is 4.40. The van der Waals surface area contributed by atoms with E-state index < -0.39 is 3.79 Å². The van der Waals surface area contributed by atoms with Crippen molar-refractivity contribution in [2.24, 2.45) is 5.92 Å². The maximum Gasteiger partial charge on any atom is 0.193 e. The first-order valence-electron chi connectivity index (χ1n) is 2.88. The smallest absolute Gasteiger partial charge is 0.0834 e. The summed E-state index contributed by atoms with van der Waals surface area (Å²) in [5.41, 5.74) is 0. The summed E-state index contributed by atoms with van der Waals surface area (Å²) in [7, 11) is 0. The van der Waals surface area contributed by atoms with E-state index in [-0.39, 0.29) is 5.92 Å². The maximum atomic E-state index is 5.53. The molecule has 0 saturated carbocycles. The fourth-order valence-corrected chi connectivity index (χ4v) is 0.839. The molecule has 0 aliphatic heterocycles. The van der Waals surface area contributed by atoms with E-state index in [1.165, 1.54) is 0 Å². The predicted octanol–water partition coefficient (Wildman–Crippen LogP) is 3.61. The maximum absolute atomic E-state index is 5.53. The topological polar surface area (TPSA) is 0 Å². The van der Waals surface area contributed by atoms with Crippen LogP contribution in [0.4, 0.5) is 0 Å². The minimum atomic E-state index is -1.18. The molecule has 0 aromatic carbocycles. The summed E-state index contributed by atoms with van der Waals surface area (Å²) in [5, 5.41) is 0. The van der Waals surface area contributed by atoms with Crippen LogP contribution in [0.5, 0.6) is 0 Å². The Morgan fingerprint density at radius 1 is 1.44 bits per heavy atom. The van der Waals surface area contributed by atoms with Gasteiger partial charge in [0, 0.05) is 5.92 Å². The third-order valence-electron chi connectivity index (χ3n) is 1.10. The van der Waals surface area contributed by atoms with E-state index in [1.807, 2.05) is 6.92 Å². The molecular weight excluding hydrogens is 178 g/mol. The zero-order chi connectivity index (χ0) is 7.49. The molecule has 0 heterocycles. The van der Waals surface area contributed by atoms with Crippen molar-refractivity contribution in [3.05, 3.63) is 6.92 Å². The molecule has 0 aliphatic carbocycles. The molecule has 3 heteroatoms. The summed E-state index contributed by atoms with van der Waals surface area (Å²) in [4.78, 5) is 0. The Morgan fingerprint density at radius 2 is 1.89 bits per heavy atom. The minimum Gasteiger partial charge on any atom is -0.0834 e. The number of halogens is 3. The van der Waals surface area contributed by atoms with Gasteiger partial charge in [0.15, 0.2) is 3.79 Å². The molecule has 0 saturated heterocycles. The van der Waals surface area contributed by atoms with Crippen LogP contribution in [0.25, 0.3) is 0 Å². The van der Waals surface area contributed by atoms with Gasteiger partial charge in [0.1, 0.15) is 0 Å². The van der Waals surface area contributed by atoms with Crippen LogP contribution >= 0.6 is 34.8 Å². The van der Waals surface area contributed by atoms with Gasteiger partial charge in [0.05, 0.1) is 0 Å². The second kappa shape index (κ2) is 3.90. The highest BCUT2D eigenvalue weighted by molar-refractivity contribution is 6.67. The lowest BCUT2D eigenvalue weighted by atomic mass is 10.1. The monoisotopic (exact) mass is 187 g/mol. The summed E-state index contributed by atoms with van der Waals surface area (Å²) in [6, 6.07) is 0. The first-order chi connectivity index (χ1) is 3.98. The molecule has 0 fully saturated rings. The van der Waals surface area contributed by atoms with Crippen LogP contribution in [0.15, 0.2) is 0 Å². The van der Waals surface area contributed by atoms with Gasteiger partial charge < -0.3 is 0 Å². The van der Waals surface area contributed by atoms with E-state index in [1.54, 1.807) is 0 Å². The van der Waals surface area contributed by atoms with E-state index in [9.17, 15) is 0 Å². The Bertz CT molecular complexity index is 74.9. The van der Waals surface area contributed by atoms with E-state index in [4.69, 9.17) is 34.8 Å². The molecule has 0 aromatic heterocycles. The van der Waals surface area contributed by atoms with Crippen molar-refractivity contribution in [3.8, 4) is 0 Å². The molecule has 0 N–H and O–H groups in total. The van der Waals surface area contributed by atoms with Crippen LogP contribution in [0.1, 0.15) is 19.8 Å². The number of hydrogen-bond donors (Lipinski definition) is 0. The molecule has 0 aromatic rings. The van der Waals surface area contributed by atoms with Gasteiger partial charge in [0.25, 0.3) is 0 Å². The summed E-state index contributed by atoms with van der Waals surface area (Å²) < 4.78 is -1.18. The van der Waals surface area contributed by atoms with Crippen molar-refractivity contribution in [1.29, 1.82) is 0 Å². The molecule has 1 radical (unpaired) electrons. The van der Waals surface area contributed by atoms with Gasteiger partial charge in [-0.15, -0.1) is 0 Å². The highest BCUT2D eigenvalue weighted by Crippen LogP contribution is 2.36. The summed E-state index contributed by atoms with van der Waals surface area (Å²) in [6.45, 7) is 5.74. The van der Waals surface area contributed by atoms with Gasteiger partial charge in [-0.25, -0.2) is 0 Å². The standard InChI is InChI=1S/C6H10Cl3/c1-3-4-5(2)6(7,8)9/h5H,2-4H2,1H3. The van der Waals surface area contributed by atoms with Crippen molar-refractivity contribution in [2.75, 3.05) is 0 Å². The number of hydrogen-bond acceptors (Lipinski definition) is 0. The summed E-state index contributed by atoms with van der Waals surface area (Å²) in [6.07, 6.45) is 1.86. The van der Waals surface area contributed by atoms with Crippen molar-refractivity contribution >= 4 is 34.8 Å². The molecule has 0 spiro atoms. The Hall–Kier alpha value is 0.870. The average Bonchev–Trinajstić information content (AvgIpc) is 1.64. The molecule has 0 nitrogen and oxygen atoms in total. The quantitative estimate of drug-likeness (QED) is 0.581. The Balaban J connectivity index is 3.59. The molecule has 0 rings (SSSR count). The second-order valence-electron chi connectivity index (χ2n) is 2.03. The lowest BCUT2D eigenvalue weighted by Crippen LogP contribution is -2.15. The minimum absolute atomic E-state index is 0.0903. The van der Waals surface area contributed by atoms with Crippen LogP contribution < -0.4 is 0 Å². The lowest BCUT2D eigenvalue weighted by molar-refractivity contribution is 0.588. The SMILES string of the molecule is [CH2]C(CCC)C(Cl)(Cl)Cl. The van der Waals surface area contributed by atoms with Gasteiger partial charge in [-0.1, -0.05) is 48.1 Å². The first-order valence-corrected chi connectivity index (χ1v) is 4.01. The van der Waals surface area contributed by atoms with Crippen LogP contribution in [0.2, 0.25) is 0 Å². The Morgan fingerprint density at radius 3 is 2.00 bits per heavy atom. The molecule has 1 atom stereocenters.